The highest BCUT2D eigenvalue weighted by molar-refractivity contribution is 5.87. The smallest absolute Gasteiger partial charge is 0.356 e. The molecule has 1 saturated heterocycles. The van der Waals surface area contributed by atoms with E-state index >= 15 is 0 Å². The molecule has 0 bridgehead atoms. The first-order chi connectivity index (χ1) is 9.65. The van der Waals surface area contributed by atoms with Crippen LogP contribution in [0.5, 0.6) is 0 Å². The van der Waals surface area contributed by atoms with Crippen LogP contribution in [0.4, 0.5) is 5.69 Å². The van der Waals surface area contributed by atoms with Crippen LogP contribution in [0.15, 0.2) is 12.1 Å². The standard InChI is InChI=1S/C14H17N3O3/c1-10-9-17(6-3-7-20-10)13-5-4-11(14(18)19-2)16-12(13)8-15/h4-5,10H,3,6-7,9H2,1-2H3. The molecular formula is C14H17N3O3. The Morgan fingerprint density at radius 3 is 3.10 bits per heavy atom. The molecule has 6 heteroatoms. The summed E-state index contributed by atoms with van der Waals surface area (Å²) in [5.41, 5.74) is 1.12. The number of hydrogen-bond acceptors (Lipinski definition) is 6. The number of rotatable bonds is 2. The Balaban J connectivity index is 2.31. The zero-order valence-electron chi connectivity index (χ0n) is 11.6. The van der Waals surface area contributed by atoms with Crippen LogP contribution in [0.3, 0.4) is 0 Å². The van der Waals surface area contributed by atoms with E-state index in [4.69, 9.17) is 4.74 Å². The third-order valence-electron chi connectivity index (χ3n) is 3.17. The number of anilines is 1. The summed E-state index contributed by atoms with van der Waals surface area (Å²) < 4.78 is 10.2. The van der Waals surface area contributed by atoms with Crippen molar-refractivity contribution in [2.24, 2.45) is 0 Å². The molecule has 0 saturated carbocycles. The van der Waals surface area contributed by atoms with Crippen molar-refractivity contribution in [1.82, 2.24) is 4.98 Å². The zero-order valence-corrected chi connectivity index (χ0v) is 11.6. The lowest BCUT2D eigenvalue weighted by Gasteiger charge is -2.24. The molecule has 1 aromatic heterocycles. The van der Waals surface area contributed by atoms with E-state index in [9.17, 15) is 10.1 Å². The van der Waals surface area contributed by atoms with Gasteiger partial charge in [0.2, 0.25) is 0 Å². The first-order valence-electron chi connectivity index (χ1n) is 6.51. The molecule has 0 amide bonds. The highest BCUT2D eigenvalue weighted by Gasteiger charge is 2.20. The van der Waals surface area contributed by atoms with E-state index < -0.39 is 5.97 Å². The van der Waals surface area contributed by atoms with Crippen LogP contribution in [0.25, 0.3) is 0 Å². The maximum atomic E-state index is 11.4. The molecule has 0 spiro atoms. The number of pyridine rings is 1. The summed E-state index contributed by atoms with van der Waals surface area (Å²) in [6.45, 7) is 4.22. The quantitative estimate of drug-likeness (QED) is 0.758. The van der Waals surface area contributed by atoms with Gasteiger partial charge in [0.15, 0.2) is 5.69 Å². The third-order valence-corrected chi connectivity index (χ3v) is 3.17. The Kier molecular flexibility index (Phi) is 4.53. The van der Waals surface area contributed by atoms with Gasteiger partial charge in [-0.2, -0.15) is 5.26 Å². The van der Waals surface area contributed by atoms with Gasteiger partial charge in [-0.15, -0.1) is 0 Å². The fourth-order valence-corrected chi connectivity index (χ4v) is 2.22. The Bertz CT molecular complexity index is 539. The summed E-state index contributed by atoms with van der Waals surface area (Å²) >= 11 is 0. The van der Waals surface area contributed by atoms with Crippen LogP contribution < -0.4 is 4.90 Å². The predicted octanol–water partition coefficient (Wildman–Crippen LogP) is 1.36. The van der Waals surface area contributed by atoms with Crippen LogP contribution >= 0.6 is 0 Å². The molecule has 1 fully saturated rings. The van der Waals surface area contributed by atoms with E-state index in [1.165, 1.54) is 7.11 Å². The van der Waals surface area contributed by atoms with E-state index in [0.717, 1.165) is 18.7 Å². The Morgan fingerprint density at radius 1 is 1.60 bits per heavy atom. The van der Waals surface area contributed by atoms with E-state index in [0.29, 0.717) is 13.2 Å². The number of nitriles is 1. The SMILES string of the molecule is COC(=O)c1ccc(N2CCCOC(C)C2)c(C#N)n1. The Labute approximate surface area is 117 Å². The lowest BCUT2D eigenvalue weighted by molar-refractivity contribution is 0.0594. The largest absolute Gasteiger partial charge is 0.464 e. The van der Waals surface area contributed by atoms with Crippen molar-refractivity contribution in [2.45, 2.75) is 19.4 Å². The topological polar surface area (TPSA) is 75.4 Å². The summed E-state index contributed by atoms with van der Waals surface area (Å²) in [6, 6.07) is 5.37. The first-order valence-corrected chi connectivity index (χ1v) is 6.51. The summed E-state index contributed by atoms with van der Waals surface area (Å²) in [5, 5.41) is 9.24. The molecule has 0 aromatic carbocycles. The van der Waals surface area contributed by atoms with Gasteiger partial charge in [-0.25, -0.2) is 9.78 Å². The summed E-state index contributed by atoms with van der Waals surface area (Å²) in [4.78, 5) is 17.6. The molecule has 1 atom stereocenters. The number of ether oxygens (including phenoxy) is 2. The summed E-state index contributed by atoms with van der Waals surface area (Å²) in [5.74, 6) is -0.541. The first kappa shape index (κ1) is 14.3. The second kappa shape index (κ2) is 6.35. The second-order valence-corrected chi connectivity index (χ2v) is 4.65. The molecular weight excluding hydrogens is 258 g/mol. The van der Waals surface area contributed by atoms with Crippen molar-refractivity contribution < 1.29 is 14.3 Å². The van der Waals surface area contributed by atoms with Gasteiger partial charge >= 0.3 is 5.97 Å². The Hall–Kier alpha value is -2.13. The van der Waals surface area contributed by atoms with E-state index in [1.807, 2.05) is 13.0 Å². The van der Waals surface area contributed by atoms with Gasteiger partial charge < -0.3 is 14.4 Å². The molecule has 2 rings (SSSR count). The van der Waals surface area contributed by atoms with Crippen LogP contribution in [-0.4, -0.2) is 43.9 Å². The summed E-state index contributed by atoms with van der Waals surface area (Å²) in [7, 11) is 1.29. The number of hydrogen-bond donors (Lipinski definition) is 0. The van der Waals surface area contributed by atoms with Crippen molar-refractivity contribution in [3.8, 4) is 6.07 Å². The highest BCUT2D eigenvalue weighted by atomic mass is 16.5. The molecule has 0 aliphatic carbocycles. The Morgan fingerprint density at radius 2 is 2.40 bits per heavy atom. The average molecular weight is 275 g/mol. The maximum absolute atomic E-state index is 11.4. The van der Waals surface area contributed by atoms with E-state index in [-0.39, 0.29) is 17.5 Å². The van der Waals surface area contributed by atoms with Gasteiger partial charge in [-0.1, -0.05) is 0 Å². The molecule has 20 heavy (non-hydrogen) atoms. The second-order valence-electron chi connectivity index (χ2n) is 4.65. The molecule has 106 valence electrons. The lowest BCUT2D eigenvalue weighted by Crippen LogP contribution is -2.31. The normalized spacial score (nSPS) is 19.1. The molecule has 1 aromatic rings. The molecule has 1 aliphatic heterocycles. The minimum atomic E-state index is -0.541. The van der Waals surface area contributed by atoms with E-state index in [1.54, 1.807) is 12.1 Å². The van der Waals surface area contributed by atoms with Gasteiger partial charge in [0.05, 0.1) is 18.9 Å². The van der Waals surface area contributed by atoms with Crippen molar-refractivity contribution in [2.75, 3.05) is 31.7 Å². The number of carbonyl (C=O) groups excluding carboxylic acids is 1. The lowest BCUT2D eigenvalue weighted by atomic mass is 10.2. The minimum Gasteiger partial charge on any atom is -0.464 e. The maximum Gasteiger partial charge on any atom is 0.356 e. The molecule has 2 heterocycles. The third kappa shape index (κ3) is 3.06. The number of aromatic nitrogens is 1. The van der Waals surface area contributed by atoms with Crippen molar-refractivity contribution in [3.63, 3.8) is 0 Å². The average Bonchev–Trinajstić information content (AvgIpc) is 2.70. The molecule has 1 aliphatic rings. The van der Waals surface area contributed by atoms with Crippen LogP contribution in [0, 0.1) is 11.3 Å². The summed E-state index contributed by atoms with van der Waals surface area (Å²) in [6.07, 6.45) is 0.998. The number of methoxy groups -OCH3 is 1. The van der Waals surface area contributed by atoms with Gasteiger partial charge in [-0.05, 0) is 25.5 Å². The predicted molar refractivity (Wildman–Crippen MR) is 72.5 cm³/mol. The number of esters is 1. The highest BCUT2D eigenvalue weighted by Crippen LogP contribution is 2.21. The molecule has 1 unspecified atom stereocenters. The van der Waals surface area contributed by atoms with Crippen molar-refractivity contribution >= 4 is 11.7 Å². The van der Waals surface area contributed by atoms with E-state index in [2.05, 4.69) is 14.6 Å². The minimum absolute atomic E-state index is 0.101. The zero-order chi connectivity index (χ0) is 14.5. The van der Waals surface area contributed by atoms with Crippen molar-refractivity contribution in [3.05, 3.63) is 23.5 Å². The number of carbonyl (C=O) groups is 1. The van der Waals surface area contributed by atoms with Gasteiger partial charge in [0.1, 0.15) is 11.8 Å². The molecule has 6 nitrogen and oxygen atoms in total. The molecule has 0 N–H and O–H groups in total. The fourth-order valence-electron chi connectivity index (χ4n) is 2.22. The van der Waals surface area contributed by atoms with Gasteiger partial charge in [0.25, 0.3) is 0 Å². The van der Waals surface area contributed by atoms with Crippen LogP contribution in [0.1, 0.15) is 29.5 Å². The van der Waals surface area contributed by atoms with Gasteiger partial charge in [0, 0.05) is 19.7 Å². The van der Waals surface area contributed by atoms with Crippen molar-refractivity contribution in [1.29, 1.82) is 5.26 Å². The molecule has 0 radical (unpaired) electrons. The number of nitrogens with zero attached hydrogens (tertiary/aromatic N) is 3. The van der Waals surface area contributed by atoms with Gasteiger partial charge in [-0.3, -0.25) is 0 Å². The van der Waals surface area contributed by atoms with Crippen LogP contribution in [-0.2, 0) is 9.47 Å². The van der Waals surface area contributed by atoms with Crippen LogP contribution in [0.2, 0.25) is 0 Å². The fraction of sp³-hybridized carbons (Fsp3) is 0.500. The monoisotopic (exact) mass is 275 g/mol.